The van der Waals surface area contributed by atoms with Crippen LogP contribution in [-0.2, 0) is 6.11 Å². The van der Waals surface area contributed by atoms with Gasteiger partial charge in [0.15, 0.2) is 17.5 Å². The molecule has 0 bridgehead atoms. The summed E-state index contributed by atoms with van der Waals surface area (Å²) in [5.41, 5.74) is -0.0122. The lowest BCUT2D eigenvalue weighted by molar-refractivity contribution is -0.189. The van der Waals surface area contributed by atoms with Gasteiger partial charge in [0.05, 0.1) is 0 Å². The summed E-state index contributed by atoms with van der Waals surface area (Å²) in [6, 6.07) is 13.0. The lowest BCUT2D eigenvalue weighted by Gasteiger charge is -2.27. The number of hydrogen-bond donors (Lipinski definition) is 0. The van der Waals surface area contributed by atoms with E-state index in [-0.39, 0.29) is 23.3 Å². The van der Waals surface area contributed by atoms with Crippen LogP contribution in [0.2, 0.25) is 0 Å². The first kappa shape index (κ1) is 30.3. The molecule has 0 radical (unpaired) electrons. The summed E-state index contributed by atoms with van der Waals surface area (Å²) in [6.07, 6.45) is 4.03. The van der Waals surface area contributed by atoms with Gasteiger partial charge in [-0.05, 0) is 84.9 Å². The minimum absolute atomic E-state index is 0.109. The molecule has 4 aromatic rings. The molecule has 0 aromatic heterocycles. The topological polar surface area (TPSA) is 9.23 Å². The van der Waals surface area contributed by atoms with Gasteiger partial charge in [-0.3, -0.25) is 0 Å². The number of halogens is 8. The molecular formula is C34H26F8O. The number of ether oxygens (including phenoxy) is 1. The molecule has 9 heteroatoms. The zero-order valence-corrected chi connectivity index (χ0v) is 22.9. The van der Waals surface area contributed by atoms with Crippen LogP contribution in [0.4, 0.5) is 35.1 Å². The Kier molecular flexibility index (Phi) is 8.62. The highest BCUT2D eigenvalue weighted by Crippen LogP contribution is 2.39. The van der Waals surface area contributed by atoms with Gasteiger partial charge >= 0.3 is 6.11 Å². The Morgan fingerprint density at radius 3 is 1.77 bits per heavy atom. The lowest BCUT2D eigenvalue weighted by Crippen LogP contribution is -2.25. The molecule has 1 aliphatic rings. The van der Waals surface area contributed by atoms with Gasteiger partial charge in [-0.1, -0.05) is 48.6 Å². The van der Waals surface area contributed by atoms with E-state index in [0.717, 1.165) is 31.2 Å². The largest absolute Gasteiger partial charge is 0.432 e. The van der Waals surface area contributed by atoms with Crippen LogP contribution in [0, 0.1) is 40.8 Å². The molecule has 224 valence electrons. The van der Waals surface area contributed by atoms with Crippen molar-refractivity contribution in [3.8, 4) is 28.0 Å². The summed E-state index contributed by atoms with van der Waals surface area (Å²) in [4.78, 5) is 0. The third kappa shape index (κ3) is 6.45. The molecule has 0 atom stereocenters. The first-order valence-electron chi connectivity index (χ1n) is 13.7. The van der Waals surface area contributed by atoms with Crippen molar-refractivity contribution in [1.82, 2.24) is 0 Å². The Morgan fingerprint density at radius 1 is 0.651 bits per heavy atom. The molecular weight excluding hydrogens is 576 g/mol. The molecule has 1 saturated carbocycles. The summed E-state index contributed by atoms with van der Waals surface area (Å²) >= 11 is 0. The van der Waals surface area contributed by atoms with Gasteiger partial charge in [-0.2, -0.15) is 8.78 Å². The molecule has 1 aliphatic carbocycles. The zero-order valence-electron chi connectivity index (χ0n) is 22.9. The molecule has 0 unspecified atom stereocenters. The van der Waals surface area contributed by atoms with Crippen LogP contribution in [-0.4, -0.2) is 0 Å². The number of allylic oxidation sites excluding steroid dienone is 2. The molecule has 5 rings (SSSR count). The van der Waals surface area contributed by atoms with E-state index in [2.05, 4.69) is 16.9 Å². The maximum Gasteiger partial charge on any atom is 0.432 e. The highest BCUT2D eigenvalue weighted by atomic mass is 19.3. The molecule has 1 fully saturated rings. The second-order valence-corrected chi connectivity index (χ2v) is 10.6. The van der Waals surface area contributed by atoms with Crippen LogP contribution < -0.4 is 4.74 Å². The van der Waals surface area contributed by atoms with Crippen molar-refractivity contribution in [1.29, 1.82) is 0 Å². The smallest absolute Gasteiger partial charge is 0.429 e. The lowest BCUT2D eigenvalue weighted by atomic mass is 9.78. The Hall–Kier alpha value is -4.14. The van der Waals surface area contributed by atoms with Crippen molar-refractivity contribution in [2.75, 3.05) is 0 Å². The number of rotatable bonds is 7. The van der Waals surface area contributed by atoms with Crippen molar-refractivity contribution >= 4 is 0 Å². The molecule has 0 heterocycles. The van der Waals surface area contributed by atoms with Crippen molar-refractivity contribution in [2.45, 2.75) is 44.6 Å². The Balaban J connectivity index is 1.34. The van der Waals surface area contributed by atoms with Crippen LogP contribution in [0.5, 0.6) is 5.75 Å². The van der Waals surface area contributed by atoms with Gasteiger partial charge in [0.1, 0.15) is 28.8 Å². The van der Waals surface area contributed by atoms with Gasteiger partial charge in [0.25, 0.3) is 0 Å². The number of alkyl halides is 2. The summed E-state index contributed by atoms with van der Waals surface area (Å²) in [6.45, 7) is 2.03. The van der Waals surface area contributed by atoms with Gasteiger partial charge in [0, 0.05) is 17.7 Å². The van der Waals surface area contributed by atoms with Gasteiger partial charge in [-0.15, -0.1) is 0 Å². The second-order valence-electron chi connectivity index (χ2n) is 10.6. The fraction of sp³-hybridized carbons (Fsp3) is 0.235. The standard InChI is InChI=1S/C34H26F8O/c1-2-3-19-4-6-20(7-5-19)21-8-10-22(11-9-21)23-12-13-26(27(35)14-23)24-15-28(36)32(29(37)16-24)34(41,42)43-25-17-30(38)33(40)31(39)18-25/h2-3,8-20H,4-7H2,1H3/b3-2+. The molecule has 1 nitrogen and oxygen atoms in total. The van der Waals surface area contributed by atoms with E-state index in [1.165, 1.54) is 17.7 Å². The van der Waals surface area contributed by atoms with Crippen LogP contribution in [0.1, 0.15) is 49.7 Å². The van der Waals surface area contributed by atoms with E-state index >= 15 is 4.39 Å². The van der Waals surface area contributed by atoms with Gasteiger partial charge in [-0.25, -0.2) is 26.3 Å². The van der Waals surface area contributed by atoms with Crippen molar-refractivity contribution in [2.24, 2.45) is 5.92 Å². The van der Waals surface area contributed by atoms with E-state index in [4.69, 9.17) is 0 Å². The van der Waals surface area contributed by atoms with E-state index in [9.17, 15) is 30.7 Å². The molecule has 0 spiro atoms. The fourth-order valence-electron chi connectivity index (χ4n) is 5.59. The Morgan fingerprint density at radius 2 is 1.21 bits per heavy atom. The van der Waals surface area contributed by atoms with Crippen molar-refractivity contribution < 1.29 is 39.9 Å². The number of hydrogen-bond acceptors (Lipinski definition) is 1. The van der Waals surface area contributed by atoms with Gasteiger partial charge < -0.3 is 4.74 Å². The average molecular weight is 603 g/mol. The first-order valence-corrected chi connectivity index (χ1v) is 13.7. The van der Waals surface area contributed by atoms with Crippen molar-refractivity contribution in [3.63, 3.8) is 0 Å². The van der Waals surface area contributed by atoms with E-state index < -0.39 is 52.3 Å². The summed E-state index contributed by atoms with van der Waals surface area (Å²) < 4.78 is 118. The third-order valence-electron chi connectivity index (χ3n) is 7.77. The summed E-state index contributed by atoms with van der Waals surface area (Å²) in [7, 11) is 0. The van der Waals surface area contributed by atoms with E-state index in [1.54, 1.807) is 6.07 Å². The summed E-state index contributed by atoms with van der Waals surface area (Å²) in [5, 5.41) is 0. The summed E-state index contributed by atoms with van der Waals surface area (Å²) in [5.74, 6) is -10.1. The quantitative estimate of drug-likeness (QED) is 0.116. The van der Waals surface area contributed by atoms with E-state index in [0.29, 0.717) is 29.5 Å². The Bertz CT molecular complexity index is 1610. The van der Waals surface area contributed by atoms with Crippen LogP contribution in [0.25, 0.3) is 22.3 Å². The third-order valence-corrected chi connectivity index (χ3v) is 7.77. The molecule has 43 heavy (non-hydrogen) atoms. The fourth-order valence-corrected chi connectivity index (χ4v) is 5.59. The molecule has 0 N–H and O–H groups in total. The van der Waals surface area contributed by atoms with Crippen LogP contribution in [0.3, 0.4) is 0 Å². The molecule has 4 aromatic carbocycles. The predicted molar refractivity (Wildman–Crippen MR) is 148 cm³/mol. The average Bonchev–Trinajstić information content (AvgIpc) is 2.95. The zero-order chi connectivity index (χ0) is 30.9. The highest BCUT2D eigenvalue weighted by Gasteiger charge is 2.41. The normalized spacial score (nSPS) is 17.4. The Labute approximate surface area is 243 Å². The molecule has 0 saturated heterocycles. The van der Waals surface area contributed by atoms with Crippen LogP contribution >= 0.6 is 0 Å². The predicted octanol–water partition coefficient (Wildman–Crippen LogP) is 10.8. The maximum atomic E-state index is 15.2. The van der Waals surface area contributed by atoms with Crippen molar-refractivity contribution in [3.05, 3.63) is 125 Å². The number of benzene rings is 4. The molecule has 0 aliphatic heterocycles. The highest BCUT2D eigenvalue weighted by molar-refractivity contribution is 5.71. The maximum absolute atomic E-state index is 15.2. The minimum atomic E-state index is -4.75. The van der Waals surface area contributed by atoms with Gasteiger partial charge in [0.2, 0.25) is 0 Å². The minimum Gasteiger partial charge on any atom is -0.429 e. The molecule has 0 amide bonds. The van der Waals surface area contributed by atoms with E-state index in [1.807, 2.05) is 31.2 Å². The first-order chi connectivity index (χ1) is 20.5. The SMILES string of the molecule is C/C=C/C1CCC(c2ccc(-c3ccc(-c4cc(F)c(C(F)(F)Oc5cc(F)c(F)c(F)c5)c(F)c4)c(F)c3)cc2)CC1. The monoisotopic (exact) mass is 602 g/mol. The second kappa shape index (κ2) is 12.2. The van der Waals surface area contributed by atoms with Crippen LogP contribution in [0.15, 0.2) is 78.9 Å².